The molecule has 1 amide bonds. The fourth-order valence-electron chi connectivity index (χ4n) is 2.77. The molecule has 1 unspecified atom stereocenters. The Morgan fingerprint density at radius 2 is 1.76 bits per heavy atom. The van der Waals surface area contributed by atoms with E-state index in [-0.39, 0.29) is 10.8 Å². The third-order valence-corrected chi connectivity index (χ3v) is 6.20. The lowest BCUT2D eigenvalue weighted by atomic mass is 10.2. The van der Waals surface area contributed by atoms with Crippen LogP contribution in [0.25, 0.3) is 0 Å². The lowest BCUT2D eigenvalue weighted by molar-refractivity contribution is -0.123. The van der Waals surface area contributed by atoms with Gasteiger partial charge in [0.25, 0.3) is 5.91 Å². The predicted molar refractivity (Wildman–Crippen MR) is 96.6 cm³/mol. The molecule has 1 aliphatic heterocycles. The van der Waals surface area contributed by atoms with Crippen LogP contribution in [0.2, 0.25) is 5.02 Å². The summed E-state index contributed by atoms with van der Waals surface area (Å²) in [5, 5.41) is 0.460. The fourth-order valence-corrected chi connectivity index (χ4v) is 4.55. The first-order chi connectivity index (χ1) is 12.0. The predicted octanol–water partition coefficient (Wildman–Crippen LogP) is 2.64. The zero-order valence-electron chi connectivity index (χ0n) is 13.4. The number of hydrazine groups is 1. The molecule has 2 aromatic carbocycles. The van der Waals surface area contributed by atoms with Crippen LogP contribution in [0.15, 0.2) is 59.5 Å². The van der Waals surface area contributed by atoms with Crippen LogP contribution in [-0.2, 0) is 14.8 Å². The molecule has 8 heteroatoms. The van der Waals surface area contributed by atoms with Gasteiger partial charge in [-0.3, -0.25) is 15.6 Å². The van der Waals surface area contributed by atoms with E-state index in [0.29, 0.717) is 24.4 Å². The molecule has 2 aromatic rings. The summed E-state index contributed by atoms with van der Waals surface area (Å²) in [4.78, 5) is 12.6. The molecule has 3 rings (SSSR count). The number of halogens is 1. The van der Waals surface area contributed by atoms with E-state index in [9.17, 15) is 13.2 Å². The lowest BCUT2D eigenvalue weighted by Crippen LogP contribution is -2.47. The number of benzene rings is 2. The minimum absolute atomic E-state index is 0.132. The van der Waals surface area contributed by atoms with E-state index in [1.807, 2.05) is 18.2 Å². The van der Waals surface area contributed by atoms with Gasteiger partial charge in [-0.25, -0.2) is 8.42 Å². The van der Waals surface area contributed by atoms with Gasteiger partial charge in [0, 0.05) is 11.6 Å². The maximum atomic E-state index is 12.8. The number of hydrogen-bond donors (Lipinski definition) is 2. The van der Waals surface area contributed by atoms with Crippen molar-refractivity contribution in [3.05, 3.63) is 59.6 Å². The molecule has 1 aliphatic rings. The third-order valence-electron chi connectivity index (χ3n) is 4.03. The number of nitrogens with zero attached hydrogens (tertiary/aromatic N) is 1. The number of anilines is 1. The van der Waals surface area contributed by atoms with E-state index < -0.39 is 16.1 Å². The van der Waals surface area contributed by atoms with Gasteiger partial charge in [0.05, 0.1) is 10.6 Å². The van der Waals surface area contributed by atoms with E-state index in [2.05, 4.69) is 10.9 Å². The van der Waals surface area contributed by atoms with Crippen LogP contribution in [-0.4, -0.2) is 31.2 Å². The summed E-state index contributed by atoms with van der Waals surface area (Å²) < 4.78 is 26.9. The number of sulfonamides is 1. The second kappa shape index (κ2) is 7.43. The maximum absolute atomic E-state index is 12.8. The van der Waals surface area contributed by atoms with E-state index in [1.54, 1.807) is 12.1 Å². The van der Waals surface area contributed by atoms with Crippen molar-refractivity contribution in [1.29, 1.82) is 0 Å². The Morgan fingerprint density at radius 1 is 1.08 bits per heavy atom. The van der Waals surface area contributed by atoms with Gasteiger partial charge in [-0.15, -0.1) is 0 Å². The summed E-state index contributed by atoms with van der Waals surface area (Å²) in [6.07, 6.45) is 1.12. The summed E-state index contributed by atoms with van der Waals surface area (Å²) in [5.74, 6) is -0.376. The van der Waals surface area contributed by atoms with Gasteiger partial charge in [-0.2, -0.15) is 4.31 Å². The van der Waals surface area contributed by atoms with Gasteiger partial charge in [-0.1, -0.05) is 29.8 Å². The van der Waals surface area contributed by atoms with Crippen LogP contribution in [0.3, 0.4) is 0 Å². The van der Waals surface area contributed by atoms with Crippen molar-refractivity contribution in [2.75, 3.05) is 12.0 Å². The molecule has 0 spiro atoms. The normalized spacial score (nSPS) is 18.0. The van der Waals surface area contributed by atoms with E-state index in [4.69, 9.17) is 11.6 Å². The molecule has 1 heterocycles. The average Bonchev–Trinajstić information content (AvgIpc) is 3.12. The monoisotopic (exact) mass is 379 g/mol. The molecule has 0 saturated carbocycles. The summed E-state index contributed by atoms with van der Waals surface area (Å²) in [5.41, 5.74) is 6.11. The molecule has 0 aliphatic carbocycles. The Bertz CT molecular complexity index is 841. The molecule has 2 N–H and O–H groups in total. The van der Waals surface area contributed by atoms with Crippen molar-refractivity contribution in [3.8, 4) is 0 Å². The number of para-hydroxylation sites is 1. The SMILES string of the molecule is O=C(NNc1ccccc1)C1CCCN1S(=O)(=O)c1ccc(Cl)cc1. The van der Waals surface area contributed by atoms with Crippen LogP contribution in [0.4, 0.5) is 5.69 Å². The Hall–Kier alpha value is -2.09. The minimum atomic E-state index is -3.75. The summed E-state index contributed by atoms with van der Waals surface area (Å²) >= 11 is 5.82. The highest BCUT2D eigenvalue weighted by atomic mass is 35.5. The first-order valence-electron chi connectivity index (χ1n) is 7.87. The minimum Gasteiger partial charge on any atom is -0.299 e. The van der Waals surface area contributed by atoms with Crippen molar-refractivity contribution < 1.29 is 13.2 Å². The van der Waals surface area contributed by atoms with E-state index in [0.717, 1.165) is 5.69 Å². The molecule has 25 heavy (non-hydrogen) atoms. The van der Waals surface area contributed by atoms with Gasteiger partial charge in [0.1, 0.15) is 6.04 Å². The zero-order valence-corrected chi connectivity index (χ0v) is 14.9. The van der Waals surface area contributed by atoms with Gasteiger partial charge in [0.2, 0.25) is 10.0 Å². The Kier molecular flexibility index (Phi) is 5.27. The van der Waals surface area contributed by atoms with Crippen molar-refractivity contribution >= 4 is 33.2 Å². The van der Waals surface area contributed by atoms with Crippen molar-refractivity contribution in [2.24, 2.45) is 0 Å². The highest BCUT2D eigenvalue weighted by Gasteiger charge is 2.39. The van der Waals surface area contributed by atoms with Crippen molar-refractivity contribution in [3.63, 3.8) is 0 Å². The standard InChI is InChI=1S/C17H18ClN3O3S/c18-13-8-10-15(11-9-13)25(23,24)21-12-4-7-16(21)17(22)20-19-14-5-2-1-3-6-14/h1-3,5-6,8-11,16,19H,4,7,12H2,(H,20,22). The number of hydrogen-bond acceptors (Lipinski definition) is 4. The molecule has 0 bridgehead atoms. The van der Waals surface area contributed by atoms with Crippen LogP contribution in [0.5, 0.6) is 0 Å². The van der Waals surface area contributed by atoms with Crippen molar-refractivity contribution in [1.82, 2.24) is 9.73 Å². The molecule has 0 radical (unpaired) electrons. The maximum Gasteiger partial charge on any atom is 0.256 e. The molecule has 1 fully saturated rings. The highest BCUT2D eigenvalue weighted by Crippen LogP contribution is 2.27. The summed E-state index contributed by atoms with van der Waals surface area (Å²) in [6.45, 7) is 0.314. The first-order valence-corrected chi connectivity index (χ1v) is 9.68. The second-order valence-corrected chi connectivity index (χ2v) is 8.03. The Morgan fingerprint density at radius 3 is 2.44 bits per heavy atom. The quantitative estimate of drug-likeness (QED) is 0.783. The third kappa shape index (κ3) is 3.95. The lowest BCUT2D eigenvalue weighted by Gasteiger charge is -2.23. The molecule has 0 aromatic heterocycles. The van der Waals surface area contributed by atoms with Crippen LogP contribution >= 0.6 is 11.6 Å². The number of carbonyl (C=O) groups is 1. The number of amides is 1. The number of carbonyl (C=O) groups excluding carboxylic acids is 1. The highest BCUT2D eigenvalue weighted by molar-refractivity contribution is 7.89. The zero-order chi connectivity index (χ0) is 17.9. The van der Waals surface area contributed by atoms with E-state index >= 15 is 0 Å². The molecule has 6 nitrogen and oxygen atoms in total. The largest absolute Gasteiger partial charge is 0.299 e. The fraction of sp³-hybridized carbons (Fsp3) is 0.235. The van der Waals surface area contributed by atoms with Crippen molar-refractivity contribution in [2.45, 2.75) is 23.8 Å². The molecular formula is C17H18ClN3O3S. The van der Waals surface area contributed by atoms with Gasteiger partial charge in [-0.05, 0) is 49.2 Å². The van der Waals surface area contributed by atoms with Crippen LogP contribution in [0, 0.1) is 0 Å². The average molecular weight is 380 g/mol. The number of rotatable bonds is 5. The molecular weight excluding hydrogens is 362 g/mol. The first kappa shape index (κ1) is 17.7. The molecule has 132 valence electrons. The molecule has 1 saturated heterocycles. The van der Waals surface area contributed by atoms with E-state index in [1.165, 1.54) is 28.6 Å². The van der Waals surface area contributed by atoms with Gasteiger partial charge in [0.15, 0.2) is 0 Å². The Balaban J connectivity index is 1.73. The molecule has 1 atom stereocenters. The Labute approximate surface area is 151 Å². The topological polar surface area (TPSA) is 78.5 Å². The van der Waals surface area contributed by atoms with Gasteiger partial charge < -0.3 is 0 Å². The van der Waals surface area contributed by atoms with Gasteiger partial charge >= 0.3 is 0 Å². The number of nitrogens with one attached hydrogen (secondary N) is 2. The summed E-state index contributed by atoms with van der Waals surface area (Å²) in [7, 11) is -3.75. The van der Waals surface area contributed by atoms with Crippen LogP contribution in [0.1, 0.15) is 12.8 Å². The van der Waals surface area contributed by atoms with Crippen LogP contribution < -0.4 is 10.9 Å². The second-order valence-electron chi connectivity index (χ2n) is 5.71. The summed E-state index contributed by atoms with van der Waals surface area (Å²) in [6, 6.07) is 14.4. The smallest absolute Gasteiger partial charge is 0.256 e.